The quantitative estimate of drug-likeness (QED) is 0.605. The molecule has 0 rings (SSSR count). The molecular formula is C7H15Cl3. The van der Waals surface area contributed by atoms with E-state index in [1.807, 2.05) is 6.92 Å². The van der Waals surface area contributed by atoms with Crippen LogP contribution in [0.15, 0.2) is 0 Å². The van der Waals surface area contributed by atoms with Crippen molar-refractivity contribution in [2.75, 3.05) is 5.88 Å². The van der Waals surface area contributed by atoms with Crippen LogP contribution in [-0.2, 0) is 0 Å². The highest BCUT2D eigenvalue weighted by atomic mass is 35.5. The Morgan fingerprint density at radius 1 is 1.20 bits per heavy atom. The Hall–Kier alpha value is 0.870. The van der Waals surface area contributed by atoms with Crippen LogP contribution in [0.3, 0.4) is 0 Å². The lowest BCUT2D eigenvalue weighted by Gasteiger charge is -1.84. The lowest BCUT2D eigenvalue weighted by atomic mass is 10.4. The van der Waals surface area contributed by atoms with Crippen LogP contribution in [0.5, 0.6) is 0 Å². The van der Waals surface area contributed by atoms with Crippen LogP contribution in [0, 0.1) is 0 Å². The fourth-order valence-electron chi connectivity index (χ4n) is 0.134. The first-order chi connectivity index (χ1) is 4.68. The van der Waals surface area contributed by atoms with E-state index in [1.54, 1.807) is 0 Å². The molecule has 0 aliphatic rings. The predicted octanol–water partition coefficient (Wildman–Crippen LogP) is 4.23. The van der Waals surface area contributed by atoms with Crippen molar-refractivity contribution in [3.63, 3.8) is 0 Å². The molecule has 0 bridgehead atoms. The molecule has 0 aromatic rings. The normalized spacial score (nSPS) is 9.00. The third-order valence-corrected chi connectivity index (χ3v) is 1.68. The minimum Gasteiger partial charge on any atom is -0.127 e. The summed E-state index contributed by atoms with van der Waals surface area (Å²) in [6.07, 6.45) is 3.20. The van der Waals surface area contributed by atoms with E-state index in [2.05, 4.69) is 6.92 Å². The van der Waals surface area contributed by atoms with Gasteiger partial charge in [0.2, 0.25) is 0 Å². The Morgan fingerprint density at radius 2 is 1.60 bits per heavy atom. The summed E-state index contributed by atoms with van der Waals surface area (Å²) in [6, 6.07) is 0. The van der Waals surface area contributed by atoms with Crippen molar-refractivity contribution < 1.29 is 0 Å². The molecule has 10 heavy (non-hydrogen) atoms. The first-order valence-corrected chi connectivity index (χ1v) is 4.93. The second kappa shape index (κ2) is 12.5. The van der Waals surface area contributed by atoms with Gasteiger partial charge < -0.3 is 0 Å². The van der Waals surface area contributed by atoms with Crippen molar-refractivity contribution in [2.24, 2.45) is 0 Å². The van der Waals surface area contributed by atoms with E-state index in [0.717, 1.165) is 18.7 Å². The van der Waals surface area contributed by atoms with E-state index in [1.165, 1.54) is 6.42 Å². The fraction of sp³-hybridized carbons (Fsp3) is 1.00. The van der Waals surface area contributed by atoms with Gasteiger partial charge in [-0.25, -0.2) is 0 Å². The van der Waals surface area contributed by atoms with Crippen LogP contribution in [0.4, 0.5) is 0 Å². The van der Waals surface area contributed by atoms with E-state index in [-0.39, 0.29) is 4.84 Å². The van der Waals surface area contributed by atoms with Crippen LogP contribution < -0.4 is 0 Å². The number of hydrogen-bond donors (Lipinski definition) is 0. The monoisotopic (exact) mass is 204 g/mol. The Bertz CT molecular complexity index is 44.1. The summed E-state index contributed by atoms with van der Waals surface area (Å²) in [5.74, 6) is 0.816. The van der Waals surface area contributed by atoms with Crippen molar-refractivity contribution in [2.45, 2.75) is 37.9 Å². The van der Waals surface area contributed by atoms with Gasteiger partial charge in [0, 0.05) is 5.88 Å². The van der Waals surface area contributed by atoms with E-state index in [9.17, 15) is 0 Å². The molecule has 0 N–H and O–H groups in total. The summed E-state index contributed by atoms with van der Waals surface area (Å²) >= 11 is 15.8. The third kappa shape index (κ3) is 23.2. The molecule has 0 spiro atoms. The first-order valence-electron chi connectivity index (χ1n) is 3.53. The SMILES string of the molecule is CCC(Cl)Cl.CCCCCl. The summed E-state index contributed by atoms with van der Waals surface area (Å²) in [5.41, 5.74) is 0. The fourth-order valence-corrected chi connectivity index (χ4v) is 0.401. The Balaban J connectivity index is 0. The van der Waals surface area contributed by atoms with Crippen molar-refractivity contribution in [3.05, 3.63) is 0 Å². The molecule has 0 saturated carbocycles. The first kappa shape index (κ1) is 13.5. The number of hydrogen-bond acceptors (Lipinski definition) is 0. The van der Waals surface area contributed by atoms with Gasteiger partial charge in [-0.15, -0.1) is 34.8 Å². The van der Waals surface area contributed by atoms with Crippen LogP contribution in [0.2, 0.25) is 0 Å². The predicted molar refractivity (Wildman–Crippen MR) is 51.4 cm³/mol. The van der Waals surface area contributed by atoms with Gasteiger partial charge in [-0.2, -0.15) is 0 Å². The van der Waals surface area contributed by atoms with E-state index in [0.29, 0.717) is 0 Å². The second-order valence-electron chi connectivity index (χ2n) is 1.84. The second-order valence-corrected chi connectivity index (χ2v) is 3.50. The van der Waals surface area contributed by atoms with Gasteiger partial charge >= 0.3 is 0 Å². The van der Waals surface area contributed by atoms with Crippen molar-refractivity contribution in [1.29, 1.82) is 0 Å². The smallest absolute Gasteiger partial charge is 0.107 e. The Morgan fingerprint density at radius 3 is 1.60 bits per heavy atom. The van der Waals surface area contributed by atoms with Gasteiger partial charge in [-0.05, 0) is 12.8 Å². The number of rotatable bonds is 3. The molecule has 0 fully saturated rings. The lowest BCUT2D eigenvalue weighted by Crippen LogP contribution is -1.75. The maximum absolute atomic E-state index is 5.30. The molecule has 0 aromatic carbocycles. The molecule has 0 aromatic heterocycles. The molecule has 0 heterocycles. The summed E-state index contributed by atoms with van der Waals surface area (Å²) in [5, 5.41) is 0. The molecule has 0 aliphatic carbocycles. The highest BCUT2D eigenvalue weighted by Gasteiger charge is 1.86. The van der Waals surface area contributed by atoms with Gasteiger partial charge in [0.25, 0.3) is 0 Å². The van der Waals surface area contributed by atoms with Gasteiger partial charge in [-0.1, -0.05) is 20.3 Å². The largest absolute Gasteiger partial charge is 0.127 e. The van der Waals surface area contributed by atoms with Crippen molar-refractivity contribution in [3.8, 4) is 0 Å². The molecule has 0 atom stereocenters. The van der Waals surface area contributed by atoms with Gasteiger partial charge in [0.1, 0.15) is 4.84 Å². The molecule has 64 valence electrons. The van der Waals surface area contributed by atoms with E-state index < -0.39 is 0 Å². The average Bonchev–Trinajstić information content (AvgIpc) is 1.91. The van der Waals surface area contributed by atoms with Gasteiger partial charge in [-0.3, -0.25) is 0 Å². The molecule has 0 aliphatic heterocycles. The highest BCUT2D eigenvalue weighted by Crippen LogP contribution is 2.03. The van der Waals surface area contributed by atoms with Crippen molar-refractivity contribution in [1.82, 2.24) is 0 Å². The van der Waals surface area contributed by atoms with E-state index in [4.69, 9.17) is 34.8 Å². The molecule has 0 radical (unpaired) electrons. The maximum atomic E-state index is 5.30. The Kier molecular flexibility index (Phi) is 16.9. The van der Waals surface area contributed by atoms with Crippen LogP contribution in [0.1, 0.15) is 33.1 Å². The lowest BCUT2D eigenvalue weighted by molar-refractivity contribution is 0.892. The van der Waals surface area contributed by atoms with Gasteiger partial charge in [0.05, 0.1) is 0 Å². The molecule has 0 saturated heterocycles. The van der Waals surface area contributed by atoms with Crippen LogP contribution in [-0.4, -0.2) is 10.7 Å². The zero-order chi connectivity index (χ0) is 8.41. The summed E-state index contributed by atoms with van der Waals surface area (Å²) in [6.45, 7) is 4.06. The summed E-state index contributed by atoms with van der Waals surface area (Å²) < 4.78 is 0. The third-order valence-electron chi connectivity index (χ3n) is 0.796. The minimum atomic E-state index is -0.171. The molecule has 0 nitrogen and oxygen atoms in total. The van der Waals surface area contributed by atoms with Gasteiger partial charge in [0.15, 0.2) is 0 Å². The zero-order valence-electron chi connectivity index (χ0n) is 6.54. The topological polar surface area (TPSA) is 0 Å². The molecule has 0 unspecified atom stereocenters. The van der Waals surface area contributed by atoms with E-state index >= 15 is 0 Å². The molecular weight excluding hydrogens is 190 g/mol. The number of alkyl halides is 3. The zero-order valence-corrected chi connectivity index (χ0v) is 8.81. The Labute approximate surface area is 78.8 Å². The average molecular weight is 206 g/mol. The van der Waals surface area contributed by atoms with Crippen LogP contribution >= 0.6 is 34.8 Å². The molecule has 0 amide bonds. The number of unbranched alkanes of at least 4 members (excludes halogenated alkanes) is 1. The molecule has 3 heteroatoms. The number of halogens is 3. The van der Waals surface area contributed by atoms with Crippen molar-refractivity contribution >= 4 is 34.8 Å². The van der Waals surface area contributed by atoms with Crippen LogP contribution in [0.25, 0.3) is 0 Å². The maximum Gasteiger partial charge on any atom is 0.107 e. The summed E-state index contributed by atoms with van der Waals surface area (Å²) in [7, 11) is 0. The highest BCUT2D eigenvalue weighted by molar-refractivity contribution is 6.44. The standard InChI is InChI=1S/C4H9Cl.C3H6Cl2/c1-2-3-4-5;1-2-3(4)5/h2-4H2,1H3;3H,2H2,1H3. The minimum absolute atomic E-state index is 0.171. The summed E-state index contributed by atoms with van der Waals surface area (Å²) in [4.78, 5) is -0.171.